The Hall–Kier alpha value is -3.80. The van der Waals surface area contributed by atoms with E-state index in [-0.39, 0.29) is 41.6 Å². The van der Waals surface area contributed by atoms with E-state index >= 15 is 0 Å². The van der Waals surface area contributed by atoms with Crippen molar-refractivity contribution >= 4 is 17.3 Å². The van der Waals surface area contributed by atoms with E-state index in [2.05, 4.69) is 5.16 Å². The summed E-state index contributed by atoms with van der Waals surface area (Å²) in [6.07, 6.45) is 2.48. The quantitative estimate of drug-likeness (QED) is 0.318. The molecule has 1 aromatic heterocycles. The molecule has 0 saturated heterocycles. The molecule has 2 unspecified atom stereocenters. The first kappa shape index (κ1) is 24.9. The molecule has 190 valence electrons. The summed E-state index contributed by atoms with van der Waals surface area (Å²) in [6.45, 7) is 3.93. The SMILES string of the molecule is CC(C)N=C1CC(c2ccccc2)CC(=O)/C1=C(/O)CCc1noc2c1C(=O)CC(c1ccccc1)C2. The van der Waals surface area contributed by atoms with E-state index in [0.717, 1.165) is 11.1 Å². The molecule has 2 aliphatic rings. The number of aliphatic hydroxyl groups is 1. The second-order valence-electron chi connectivity index (χ2n) is 10.3. The number of fused-ring (bicyclic) bond motifs is 1. The van der Waals surface area contributed by atoms with E-state index < -0.39 is 0 Å². The van der Waals surface area contributed by atoms with Gasteiger partial charge in [-0.15, -0.1) is 0 Å². The van der Waals surface area contributed by atoms with Crippen LogP contribution >= 0.6 is 0 Å². The Morgan fingerprint density at radius 2 is 1.51 bits per heavy atom. The van der Waals surface area contributed by atoms with Crippen LogP contribution in [0.4, 0.5) is 0 Å². The van der Waals surface area contributed by atoms with Crippen LogP contribution in [0.3, 0.4) is 0 Å². The van der Waals surface area contributed by atoms with Gasteiger partial charge in [0.05, 0.1) is 16.8 Å². The highest BCUT2D eigenvalue weighted by Gasteiger charge is 2.34. The first-order valence-electron chi connectivity index (χ1n) is 13.0. The number of nitrogens with zero attached hydrogens (tertiary/aromatic N) is 2. The van der Waals surface area contributed by atoms with E-state index in [1.165, 1.54) is 0 Å². The highest BCUT2D eigenvalue weighted by molar-refractivity contribution is 6.24. The fourth-order valence-corrected chi connectivity index (χ4v) is 5.55. The molecular formula is C31H32N2O4. The van der Waals surface area contributed by atoms with Gasteiger partial charge in [-0.05, 0) is 43.2 Å². The summed E-state index contributed by atoms with van der Waals surface area (Å²) in [5.74, 6) is 0.651. The minimum absolute atomic E-state index is 0.00198. The molecule has 0 amide bonds. The van der Waals surface area contributed by atoms with Crippen molar-refractivity contribution in [2.45, 2.75) is 70.3 Å². The van der Waals surface area contributed by atoms with Crippen LogP contribution in [0.5, 0.6) is 0 Å². The summed E-state index contributed by atoms with van der Waals surface area (Å²) in [5, 5.41) is 15.3. The highest BCUT2D eigenvalue weighted by atomic mass is 16.5. The topological polar surface area (TPSA) is 92.8 Å². The van der Waals surface area contributed by atoms with Crippen molar-refractivity contribution in [3.63, 3.8) is 0 Å². The third-order valence-corrected chi connectivity index (χ3v) is 7.26. The van der Waals surface area contributed by atoms with Crippen molar-refractivity contribution in [1.29, 1.82) is 0 Å². The second-order valence-corrected chi connectivity index (χ2v) is 10.3. The number of benzene rings is 2. The molecule has 2 atom stereocenters. The Kier molecular flexibility index (Phi) is 7.17. The number of Topliss-reactive ketones (excluding diaryl/α,β-unsaturated/α-hetero) is 2. The number of aryl methyl sites for hydroxylation is 1. The molecule has 0 bridgehead atoms. The number of aromatic nitrogens is 1. The van der Waals surface area contributed by atoms with Gasteiger partial charge in [-0.3, -0.25) is 14.6 Å². The Bertz CT molecular complexity index is 1350. The van der Waals surface area contributed by atoms with Gasteiger partial charge in [-0.1, -0.05) is 65.8 Å². The maximum atomic E-state index is 13.2. The van der Waals surface area contributed by atoms with E-state index in [4.69, 9.17) is 9.52 Å². The van der Waals surface area contributed by atoms with Crippen LogP contribution in [0.25, 0.3) is 0 Å². The van der Waals surface area contributed by atoms with Crippen LogP contribution < -0.4 is 0 Å². The number of aliphatic hydroxyl groups excluding tert-OH is 1. The largest absolute Gasteiger partial charge is 0.511 e. The number of hydrogen-bond donors (Lipinski definition) is 1. The minimum atomic E-state index is -0.0963. The van der Waals surface area contributed by atoms with E-state index in [9.17, 15) is 14.7 Å². The van der Waals surface area contributed by atoms with Gasteiger partial charge in [0.15, 0.2) is 11.6 Å². The first-order valence-corrected chi connectivity index (χ1v) is 13.0. The van der Waals surface area contributed by atoms with Crippen molar-refractivity contribution < 1.29 is 19.2 Å². The Morgan fingerprint density at radius 1 is 0.919 bits per heavy atom. The summed E-state index contributed by atoms with van der Waals surface area (Å²) in [7, 11) is 0. The van der Waals surface area contributed by atoms with Gasteiger partial charge in [-0.2, -0.15) is 0 Å². The standard InChI is InChI=1S/C31H32N2O4/c1-19(2)32-25-15-22(20-9-5-3-6-10-20)16-27(35)30(25)26(34)14-13-24-31-28(36)17-23(18-29(31)37-33-24)21-11-7-4-8-12-21/h3-12,19,22-23,34H,13-18H2,1-2H3/b30-26+,32-25?. The van der Waals surface area contributed by atoms with Crippen LogP contribution in [-0.4, -0.2) is 33.6 Å². The van der Waals surface area contributed by atoms with E-state index in [0.29, 0.717) is 60.4 Å². The summed E-state index contributed by atoms with van der Waals surface area (Å²) in [6, 6.07) is 20.0. The molecule has 37 heavy (non-hydrogen) atoms. The van der Waals surface area contributed by atoms with Gasteiger partial charge in [0.1, 0.15) is 11.5 Å². The van der Waals surface area contributed by atoms with Gasteiger partial charge in [0.25, 0.3) is 0 Å². The predicted octanol–water partition coefficient (Wildman–Crippen LogP) is 6.33. The third-order valence-electron chi connectivity index (χ3n) is 7.26. The van der Waals surface area contributed by atoms with Crippen molar-refractivity contribution in [2.24, 2.45) is 4.99 Å². The average molecular weight is 497 g/mol. The van der Waals surface area contributed by atoms with Crippen molar-refractivity contribution in [2.75, 3.05) is 0 Å². The molecular weight excluding hydrogens is 464 g/mol. The van der Waals surface area contributed by atoms with Gasteiger partial charge in [0.2, 0.25) is 0 Å². The molecule has 1 N–H and O–H groups in total. The molecule has 0 aliphatic heterocycles. The van der Waals surface area contributed by atoms with E-state index in [1.54, 1.807) is 0 Å². The number of ketones is 2. The van der Waals surface area contributed by atoms with Gasteiger partial charge in [0, 0.05) is 43.9 Å². The average Bonchev–Trinajstić information content (AvgIpc) is 3.31. The minimum Gasteiger partial charge on any atom is -0.511 e. The molecule has 2 aromatic carbocycles. The molecule has 1 fully saturated rings. The van der Waals surface area contributed by atoms with Crippen LogP contribution in [0, 0.1) is 0 Å². The fourth-order valence-electron chi connectivity index (χ4n) is 5.55. The van der Waals surface area contributed by atoms with Crippen LogP contribution in [-0.2, 0) is 17.6 Å². The summed E-state index contributed by atoms with van der Waals surface area (Å²) < 4.78 is 5.59. The lowest BCUT2D eigenvalue weighted by Crippen LogP contribution is -2.27. The summed E-state index contributed by atoms with van der Waals surface area (Å²) in [5.41, 5.74) is 4.29. The smallest absolute Gasteiger partial charge is 0.168 e. The molecule has 6 nitrogen and oxygen atoms in total. The van der Waals surface area contributed by atoms with Crippen LogP contribution in [0.1, 0.15) is 84.3 Å². The number of carbonyl (C=O) groups excluding carboxylic acids is 2. The first-order chi connectivity index (χ1) is 17.9. The Labute approximate surface area is 217 Å². The number of rotatable bonds is 6. The van der Waals surface area contributed by atoms with Gasteiger partial charge in [-0.25, -0.2) is 0 Å². The second kappa shape index (κ2) is 10.7. The molecule has 6 heteroatoms. The zero-order valence-electron chi connectivity index (χ0n) is 21.3. The van der Waals surface area contributed by atoms with Crippen LogP contribution in [0.15, 0.2) is 81.5 Å². The number of aliphatic imine (C=N–C) groups is 1. The zero-order chi connectivity index (χ0) is 25.9. The Morgan fingerprint density at radius 3 is 2.14 bits per heavy atom. The number of allylic oxidation sites excluding steroid dienone is 2. The summed E-state index contributed by atoms with van der Waals surface area (Å²) >= 11 is 0. The number of carbonyl (C=O) groups is 2. The monoisotopic (exact) mass is 496 g/mol. The normalized spacial score (nSPS) is 22.4. The molecule has 1 heterocycles. The molecule has 3 aromatic rings. The number of hydrogen-bond acceptors (Lipinski definition) is 6. The molecule has 0 spiro atoms. The Balaban J connectivity index is 1.35. The molecule has 5 rings (SSSR count). The summed E-state index contributed by atoms with van der Waals surface area (Å²) in [4.78, 5) is 31.0. The predicted molar refractivity (Wildman–Crippen MR) is 142 cm³/mol. The fraction of sp³-hybridized carbons (Fsp3) is 0.355. The molecule has 1 saturated carbocycles. The van der Waals surface area contributed by atoms with Crippen LogP contribution in [0.2, 0.25) is 0 Å². The zero-order valence-corrected chi connectivity index (χ0v) is 21.3. The van der Waals surface area contributed by atoms with Crippen molar-refractivity contribution in [3.8, 4) is 0 Å². The maximum absolute atomic E-state index is 13.2. The van der Waals surface area contributed by atoms with Gasteiger partial charge >= 0.3 is 0 Å². The lowest BCUT2D eigenvalue weighted by molar-refractivity contribution is -0.116. The lowest BCUT2D eigenvalue weighted by atomic mass is 9.78. The molecule has 2 aliphatic carbocycles. The lowest BCUT2D eigenvalue weighted by Gasteiger charge is -2.26. The van der Waals surface area contributed by atoms with Crippen molar-refractivity contribution in [1.82, 2.24) is 5.16 Å². The maximum Gasteiger partial charge on any atom is 0.168 e. The highest BCUT2D eigenvalue weighted by Crippen LogP contribution is 2.36. The van der Waals surface area contributed by atoms with E-state index in [1.807, 2.05) is 74.5 Å². The third kappa shape index (κ3) is 5.33. The molecule has 0 radical (unpaired) electrons. The van der Waals surface area contributed by atoms with Gasteiger partial charge < -0.3 is 9.63 Å². The van der Waals surface area contributed by atoms with Crippen molar-refractivity contribution in [3.05, 3.63) is 100 Å².